The van der Waals surface area contributed by atoms with Gasteiger partial charge in [-0.1, -0.05) is 13.3 Å². The van der Waals surface area contributed by atoms with E-state index < -0.39 is 0 Å². The molecule has 0 saturated carbocycles. The molecule has 1 heterocycles. The lowest BCUT2D eigenvalue weighted by Crippen LogP contribution is -2.29. The van der Waals surface area contributed by atoms with Crippen LogP contribution in [0.15, 0.2) is 12.1 Å². The van der Waals surface area contributed by atoms with Gasteiger partial charge >= 0.3 is 0 Å². The summed E-state index contributed by atoms with van der Waals surface area (Å²) in [5, 5.41) is 3.57. The third kappa shape index (κ3) is 2.90. The third-order valence-corrected chi connectivity index (χ3v) is 3.38. The molecule has 18 heavy (non-hydrogen) atoms. The van der Waals surface area contributed by atoms with Gasteiger partial charge in [0, 0.05) is 6.04 Å². The van der Waals surface area contributed by atoms with Crippen molar-refractivity contribution in [1.82, 2.24) is 5.32 Å². The molecule has 0 spiro atoms. The molecule has 0 aromatic heterocycles. The van der Waals surface area contributed by atoms with Crippen LogP contribution in [-0.2, 0) is 6.42 Å². The van der Waals surface area contributed by atoms with Gasteiger partial charge in [0.05, 0.1) is 14.2 Å². The van der Waals surface area contributed by atoms with Gasteiger partial charge in [0.15, 0.2) is 11.5 Å². The molecule has 1 aromatic carbocycles. The smallest absolute Gasteiger partial charge is 0.161 e. The van der Waals surface area contributed by atoms with Gasteiger partial charge in [0.25, 0.3) is 0 Å². The van der Waals surface area contributed by atoms with Gasteiger partial charge in [-0.15, -0.1) is 12.4 Å². The number of ether oxygens (including phenoxy) is 2. The Morgan fingerprint density at radius 3 is 2.50 bits per heavy atom. The second kappa shape index (κ2) is 6.86. The fourth-order valence-corrected chi connectivity index (χ4v) is 2.51. The van der Waals surface area contributed by atoms with Crippen molar-refractivity contribution in [3.05, 3.63) is 23.3 Å². The molecular weight excluding hydrogens is 250 g/mol. The quantitative estimate of drug-likeness (QED) is 0.913. The van der Waals surface area contributed by atoms with Gasteiger partial charge in [-0.2, -0.15) is 0 Å². The standard InChI is InChI=1S/C14H21NO2.ClH/c1-4-5-12-11-9-14(17-3)13(16-2)8-10(11)6-7-15-12;/h8-9,12,15H,4-7H2,1-3H3;1H. The molecule has 2 rings (SSSR count). The van der Waals surface area contributed by atoms with Crippen LogP contribution in [0.3, 0.4) is 0 Å². The highest BCUT2D eigenvalue weighted by Crippen LogP contribution is 2.36. The predicted octanol–water partition coefficient (Wildman–Crippen LogP) is 3.11. The lowest BCUT2D eigenvalue weighted by atomic mass is 9.91. The summed E-state index contributed by atoms with van der Waals surface area (Å²) >= 11 is 0. The molecule has 102 valence electrons. The number of hydrogen-bond acceptors (Lipinski definition) is 3. The van der Waals surface area contributed by atoms with Crippen molar-refractivity contribution in [3.8, 4) is 11.5 Å². The molecule has 0 amide bonds. The molecule has 4 heteroatoms. The average molecular weight is 272 g/mol. The summed E-state index contributed by atoms with van der Waals surface area (Å²) in [6.45, 7) is 3.27. The van der Waals surface area contributed by atoms with Crippen LogP contribution in [0.2, 0.25) is 0 Å². The van der Waals surface area contributed by atoms with Crippen molar-refractivity contribution in [2.75, 3.05) is 20.8 Å². The van der Waals surface area contributed by atoms with E-state index in [1.54, 1.807) is 14.2 Å². The largest absolute Gasteiger partial charge is 0.493 e. The molecule has 0 aliphatic carbocycles. The highest BCUT2D eigenvalue weighted by atomic mass is 35.5. The Kier molecular flexibility index (Phi) is 5.76. The van der Waals surface area contributed by atoms with Gasteiger partial charge in [-0.05, 0) is 42.6 Å². The molecule has 1 atom stereocenters. The minimum atomic E-state index is 0. The van der Waals surface area contributed by atoms with E-state index in [9.17, 15) is 0 Å². The summed E-state index contributed by atoms with van der Waals surface area (Å²) in [5.74, 6) is 1.67. The number of methoxy groups -OCH3 is 2. The van der Waals surface area contributed by atoms with E-state index in [0.29, 0.717) is 6.04 Å². The molecule has 3 nitrogen and oxygen atoms in total. The van der Waals surface area contributed by atoms with Crippen LogP contribution >= 0.6 is 12.4 Å². The third-order valence-electron chi connectivity index (χ3n) is 3.38. The van der Waals surface area contributed by atoms with Gasteiger partial charge in [0.2, 0.25) is 0 Å². The first-order valence-corrected chi connectivity index (χ1v) is 6.28. The van der Waals surface area contributed by atoms with Crippen LogP contribution < -0.4 is 14.8 Å². The molecule has 0 saturated heterocycles. The minimum Gasteiger partial charge on any atom is -0.493 e. The van der Waals surface area contributed by atoms with Crippen LogP contribution in [0.5, 0.6) is 11.5 Å². The molecule has 1 aliphatic rings. The summed E-state index contributed by atoms with van der Waals surface area (Å²) in [7, 11) is 3.38. The van der Waals surface area contributed by atoms with Gasteiger partial charge in [-0.25, -0.2) is 0 Å². The van der Waals surface area contributed by atoms with Crippen LogP contribution in [0.25, 0.3) is 0 Å². The zero-order valence-corrected chi connectivity index (χ0v) is 12.1. The van der Waals surface area contributed by atoms with E-state index in [4.69, 9.17) is 9.47 Å². The van der Waals surface area contributed by atoms with Gasteiger partial charge < -0.3 is 14.8 Å². The topological polar surface area (TPSA) is 30.5 Å². The number of rotatable bonds is 4. The zero-order valence-electron chi connectivity index (χ0n) is 11.3. The lowest BCUT2D eigenvalue weighted by molar-refractivity contribution is 0.351. The summed E-state index contributed by atoms with van der Waals surface area (Å²) in [6, 6.07) is 4.71. The highest BCUT2D eigenvalue weighted by Gasteiger charge is 2.21. The molecule has 1 N–H and O–H groups in total. The summed E-state index contributed by atoms with van der Waals surface area (Å²) in [4.78, 5) is 0. The monoisotopic (exact) mass is 271 g/mol. The highest BCUT2D eigenvalue weighted by molar-refractivity contribution is 5.85. The van der Waals surface area contributed by atoms with Gasteiger partial charge in [-0.3, -0.25) is 0 Å². The number of hydrogen-bond donors (Lipinski definition) is 1. The van der Waals surface area contributed by atoms with E-state index in [0.717, 1.165) is 24.5 Å². The van der Waals surface area contributed by atoms with Crippen molar-refractivity contribution in [1.29, 1.82) is 0 Å². The van der Waals surface area contributed by atoms with Crippen molar-refractivity contribution in [2.45, 2.75) is 32.2 Å². The Bertz CT molecular complexity index is 396. The lowest BCUT2D eigenvalue weighted by Gasteiger charge is -2.28. The van der Waals surface area contributed by atoms with Crippen LogP contribution in [-0.4, -0.2) is 20.8 Å². The van der Waals surface area contributed by atoms with Crippen molar-refractivity contribution in [2.24, 2.45) is 0 Å². The molecular formula is C14H22ClNO2. The second-order valence-corrected chi connectivity index (χ2v) is 4.45. The fourth-order valence-electron chi connectivity index (χ4n) is 2.51. The normalized spacial score (nSPS) is 17.6. The molecule has 0 fully saturated rings. The van der Waals surface area contributed by atoms with E-state index in [1.807, 2.05) is 0 Å². The maximum Gasteiger partial charge on any atom is 0.161 e. The van der Waals surface area contributed by atoms with Crippen molar-refractivity contribution >= 4 is 12.4 Å². The van der Waals surface area contributed by atoms with Crippen LogP contribution in [0, 0.1) is 0 Å². The molecule has 1 unspecified atom stereocenters. The van der Waals surface area contributed by atoms with E-state index >= 15 is 0 Å². The van der Waals surface area contributed by atoms with E-state index in [-0.39, 0.29) is 12.4 Å². The first-order chi connectivity index (χ1) is 8.30. The zero-order chi connectivity index (χ0) is 12.3. The Balaban J connectivity index is 0.00000162. The summed E-state index contributed by atoms with van der Waals surface area (Å²) in [5.41, 5.74) is 2.76. The number of halogens is 1. The first kappa shape index (κ1) is 15.1. The van der Waals surface area contributed by atoms with Crippen LogP contribution in [0.1, 0.15) is 36.9 Å². The van der Waals surface area contributed by atoms with Crippen molar-refractivity contribution < 1.29 is 9.47 Å². The first-order valence-electron chi connectivity index (χ1n) is 6.28. The maximum atomic E-state index is 5.38. The molecule has 0 radical (unpaired) electrons. The van der Waals surface area contributed by atoms with Gasteiger partial charge in [0.1, 0.15) is 0 Å². The van der Waals surface area contributed by atoms with Crippen molar-refractivity contribution in [3.63, 3.8) is 0 Å². The molecule has 1 aliphatic heterocycles. The number of fused-ring (bicyclic) bond motifs is 1. The number of benzene rings is 1. The predicted molar refractivity (Wildman–Crippen MR) is 76.1 cm³/mol. The maximum absolute atomic E-state index is 5.38. The summed E-state index contributed by atoms with van der Waals surface area (Å²) < 4.78 is 10.7. The second-order valence-electron chi connectivity index (χ2n) is 4.45. The molecule has 1 aromatic rings. The average Bonchev–Trinajstić information content (AvgIpc) is 2.38. The number of nitrogens with one attached hydrogen (secondary N) is 1. The fraction of sp³-hybridized carbons (Fsp3) is 0.571. The SMILES string of the molecule is CCCC1NCCc2cc(OC)c(OC)cc21.Cl. The van der Waals surface area contributed by atoms with Crippen LogP contribution in [0.4, 0.5) is 0 Å². The van der Waals surface area contributed by atoms with E-state index in [1.165, 1.54) is 24.0 Å². The minimum absolute atomic E-state index is 0. The Morgan fingerprint density at radius 2 is 1.89 bits per heavy atom. The Labute approximate surface area is 115 Å². The molecule has 0 bridgehead atoms. The Hall–Kier alpha value is -0.930. The summed E-state index contributed by atoms with van der Waals surface area (Å²) in [6.07, 6.45) is 3.42. The Morgan fingerprint density at radius 1 is 1.22 bits per heavy atom. The van der Waals surface area contributed by atoms with E-state index in [2.05, 4.69) is 24.4 Å².